The predicted molar refractivity (Wildman–Crippen MR) is 84.9 cm³/mol. The molecule has 1 fully saturated rings. The van der Waals surface area contributed by atoms with Gasteiger partial charge in [-0.15, -0.1) is 0 Å². The molecule has 3 unspecified atom stereocenters. The number of ether oxygens (including phenoxy) is 2. The summed E-state index contributed by atoms with van der Waals surface area (Å²) in [6.07, 6.45) is 1.47. The van der Waals surface area contributed by atoms with Gasteiger partial charge in [0.25, 0.3) is 0 Å². The van der Waals surface area contributed by atoms with E-state index in [4.69, 9.17) is 23.1 Å². The van der Waals surface area contributed by atoms with Crippen LogP contribution in [-0.2, 0) is 14.3 Å². The van der Waals surface area contributed by atoms with Crippen molar-refractivity contribution in [3.05, 3.63) is 24.2 Å². The number of aromatic nitrogens is 3. The highest BCUT2D eigenvalue weighted by molar-refractivity contribution is 6.12. The second-order valence-corrected chi connectivity index (χ2v) is 6.06. The van der Waals surface area contributed by atoms with Gasteiger partial charge in [0.05, 0.1) is 31.7 Å². The molecule has 2 radical (unpaired) electrons. The first kappa shape index (κ1) is 15.8. The van der Waals surface area contributed by atoms with Crippen molar-refractivity contribution in [1.82, 2.24) is 14.6 Å². The number of hydrogen-bond donors (Lipinski definition) is 1. The van der Waals surface area contributed by atoms with Crippen molar-refractivity contribution in [3.63, 3.8) is 0 Å². The molecule has 0 aromatic carbocycles. The molecule has 0 amide bonds. The van der Waals surface area contributed by atoms with Crippen LogP contribution in [0.15, 0.2) is 18.5 Å². The molecule has 3 heterocycles. The van der Waals surface area contributed by atoms with Gasteiger partial charge in [0.2, 0.25) is 0 Å². The zero-order valence-corrected chi connectivity index (χ0v) is 13.2. The molecule has 1 aliphatic heterocycles. The van der Waals surface area contributed by atoms with Crippen LogP contribution >= 0.6 is 0 Å². The van der Waals surface area contributed by atoms with E-state index < -0.39 is 0 Å². The number of nitrogens with zero attached hydrogens (tertiary/aromatic N) is 3. The number of rotatable bonds is 4. The molecule has 23 heavy (non-hydrogen) atoms. The van der Waals surface area contributed by atoms with Crippen molar-refractivity contribution >= 4 is 25.2 Å². The molecular formula is C15H19BN4O3. The molecular weight excluding hydrogens is 295 g/mol. The minimum Gasteiger partial charge on any atom is -0.463 e. The lowest BCUT2D eigenvalue weighted by molar-refractivity contribution is -0.151. The van der Waals surface area contributed by atoms with Crippen LogP contribution in [0.2, 0.25) is 5.82 Å². The zero-order chi connectivity index (χ0) is 16.6. The lowest BCUT2D eigenvalue weighted by Gasteiger charge is -2.16. The lowest BCUT2D eigenvalue weighted by Crippen LogP contribution is -2.21. The van der Waals surface area contributed by atoms with E-state index in [1.54, 1.807) is 18.4 Å². The van der Waals surface area contributed by atoms with Gasteiger partial charge < -0.3 is 15.2 Å². The Morgan fingerprint density at radius 2 is 2.35 bits per heavy atom. The van der Waals surface area contributed by atoms with E-state index >= 15 is 0 Å². The fraction of sp³-hybridized carbons (Fsp3) is 0.533. The maximum atomic E-state index is 11.6. The molecule has 0 bridgehead atoms. The number of hydrogen-bond acceptors (Lipinski definition) is 6. The number of carbonyl (C=O) groups excluding carboxylic acids is 1. The number of nitrogen functional groups attached to an aromatic ring is 1. The largest absolute Gasteiger partial charge is 0.463 e. The minimum atomic E-state index is -0.324. The average Bonchev–Trinajstić information content (AvgIpc) is 3.08. The lowest BCUT2D eigenvalue weighted by atomic mass is 9.79. The Bertz CT molecular complexity index is 718. The summed E-state index contributed by atoms with van der Waals surface area (Å²) in [5.41, 5.74) is 7.37. The first-order valence-corrected chi connectivity index (χ1v) is 7.63. The fourth-order valence-electron chi connectivity index (χ4n) is 2.72. The Balaban J connectivity index is 1.73. The summed E-state index contributed by atoms with van der Waals surface area (Å²) in [6.45, 7) is 3.80. The first-order valence-electron chi connectivity index (χ1n) is 7.63. The first-order chi connectivity index (χ1) is 11.0. The van der Waals surface area contributed by atoms with Crippen LogP contribution in [0.1, 0.15) is 32.1 Å². The molecule has 7 nitrogen and oxygen atoms in total. The van der Waals surface area contributed by atoms with Crippen LogP contribution in [0.25, 0.3) is 5.52 Å². The quantitative estimate of drug-likeness (QED) is 0.675. The molecule has 0 saturated carbocycles. The van der Waals surface area contributed by atoms with Gasteiger partial charge in [0.1, 0.15) is 18.5 Å². The number of esters is 1. The van der Waals surface area contributed by atoms with Crippen LogP contribution < -0.4 is 5.73 Å². The normalized spacial score (nSPS) is 24.4. The standard InChI is InChI=1S/C15H19BN4O3/c1-8(2)15(21)22-6-9-5-10(16)13(23-9)11-3-4-12-14(17)18-7-19-20(11)12/h3-4,7-10,13H,5-6H2,1-2H3,(H2,17,18,19). The molecule has 2 aromatic rings. The summed E-state index contributed by atoms with van der Waals surface area (Å²) >= 11 is 0. The Morgan fingerprint density at radius 3 is 3.09 bits per heavy atom. The molecule has 0 aliphatic carbocycles. The highest BCUT2D eigenvalue weighted by Crippen LogP contribution is 2.41. The smallest absolute Gasteiger partial charge is 0.308 e. The zero-order valence-electron chi connectivity index (χ0n) is 13.2. The van der Waals surface area contributed by atoms with Crippen molar-refractivity contribution in [2.45, 2.75) is 38.3 Å². The van der Waals surface area contributed by atoms with Crippen LogP contribution in [0, 0.1) is 5.92 Å². The SMILES string of the molecule is [B]C1CC(COC(=O)C(C)C)OC1c1ccc2c(N)ncnn12. The molecule has 0 spiro atoms. The van der Waals surface area contributed by atoms with E-state index in [9.17, 15) is 4.79 Å². The second kappa shape index (κ2) is 6.19. The van der Waals surface area contributed by atoms with Crippen LogP contribution in [0.3, 0.4) is 0 Å². The Kier molecular flexibility index (Phi) is 4.25. The van der Waals surface area contributed by atoms with Gasteiger partial charge in [-0.2, -0.15) is 5.10 Å². The fourth-order valence-corrected chi connectivity index (χ4v) is 2.72. The van der Waals surface area contributed by atoms with Gasteiger partial charge in [0, 0.05) is 0 Å². The third-order valence-electron chi connectivity index (χ3n) is 3.95. The highest BCUT2D eigenvalue weighted by Gasteiger charge is 2.35. The van der Waals surface area contributed by atoms with E-state index in [1.165, 1.54) is 6.33 Å². The second-order valence-electron chi connectivity index (χ2n) is 6.06. The highest BCUT2D eigenvalue weighted by atomic mass is 16.6. The van der Waals surface area contributed by atoms with Gasteiger partial charge in [-0.25, -0.2) is 9.50 Å². The van der Waals surface area contributed by atoms with E-state index in [0.29, 0.717) is 17.8 Å². The van der Waals surface area contributed by atoms with Gasteiger partial charge in [-0.1, -0.05) is 13.8 Å². The summed E-state index contributed by atoms with van der Waals surface area (Å²) < 4.78 is 12.9. The molecule has 3 rings (SSSR count). The number of nitrogens with two attached hydrogens (primary N) is 1. The summed E-state index contributed by atoms with van der Waals surface area (Å²) in [7, 11) is 6.20. The molecule has 1 aliphatic rings. The van der Waals surface area contributed by atoms with Crippen molar-refractivity contribution in [3.8, 4) is 0 Å². The van der Waals surface area contributed by atoms with E-state index in [1.807, 2.05) is 12.1 Å². The summed E-state index contributed by atoms with van der Waals surface area (Å²) in [4.78, 5) is 15.5. The minimum absolute atomic E-state index is 0.157. The third-order valence-corrected chi connectivity index (χ3v) is 3.95. The molecule has 1 saturated heterocycles. The van der Waals surface area contributed by atoms with Crippen LogP contribution in [0.4, 0.5) is 5.82 Å². The van der Waals surface area contributed by atoms with Crippen LogP contribution in [0.5, 0.6) is 0 Å². The van der Waals surface area contributed by atoms with E-state index in [0.717, 1.165) is 5.69 Å². The third kappa shape index (κ3) is 3.03. The predicted octanol–water partition coefficient (Wildman–Crippen LogP) is 1.30. The maximum absolute atomic E-state index is 11.6. The summed E-state index contributed by atoms with van der Waals surface area (Å²) in [5, 5.41) is 4.21. The molecule has 2 N–H and O–H groups in total. The number of carbonyl (C=O) groups is 1. The van der Waals surface area contributed by atoms with Gasteiger partial charge in [0.15, 0.2) is 5.82 Å². The van der Waals surface area contributed by atoms with Crippen LogP contribution in [-0.4, -0.2) is 41.1 Å². The Hall–Kier alpha value is -2.09. The molecule has 3 atom stereocenters. The molecule has 2 aromatic heterocycles. The van der Waals surface area contributed by atoms with E-state index in [-0.39, 0.29) is 36.5 Å². The van der Waals surface area contributed by atoms with Crippen molar-refractivity contribution in [2.24, 2.45) is 5.92 Å². The average molecular weight is 314 g/mol. The van der Waals surface area contributed by atoms with Gasteiger partial charge >= 0.3 is 5.97 Å². The number of fused-ring (bicyclic) bond motifs is 1. The Labute approximate surface area is 135 Å². The summed E-state index contributed by atoms with van der Waals surface area (Å²) in [5.74, 6) is -0.193. The van der Waals surface area contributed by atoms with Crippen molar-refractivity contribution in [1.29, 1.82) is 0 Å². The monoisotopic (exact) mass is 314 g/mol. The molecule has 8 heteroatoms. The molecule has 120 valence electrons. The van der Waals surface area contributed by atoms with Gasteiger partial charge in [-0.3, -0.25) is 4.79 Å². The maximum Gasteiger partial charge on any atom is 0.308 e. The van der Waals surface area contributed by atoms with E-state index in [2.05, 4.69) is 10.1 Å². The number of anilines is 1. The van der Waals surface area contributed by atoms with Crippen molar-refractivity contribution in [2.75, 3.05) is 12.3 Å². The van der Waals surface area contributed by atoms with Crippen molar-refractivity contribution < 1.29 is 14.3 Å². The summed E-state index contributed by atoms with van der Waals surface area (Å²) in [6, 6.07) is 3.72. The topological polar surface area (TPSA) is 91.7 Å². The van der Waals surface area contributed by atoms with Gasteiger partial charge in [-0.05, 0) is 24.4 Å². The Morgan fingerprint density at radius 1 is 1.57 bits per heavy atom.